The number of rotatable bonds is 18. The summed E-state index contributed by atoms with van der Waals surface area (Å²) in [6, 6.07) is 4.38. The fourth-order valence-electron chi connectivity index (χ4n) is 3.69. The van der Waals surface area contributed by atoms with Crippen LogP contribution in [0.4, 0.5) is 0 Å². The molecule has 0 radical (unpaired) electrons. The fraction of sp³-hybridized carbons (Fsp3) is 0.720. The number of carbonyl (C=O) groups is 1. The lowest BCUT2D eigenvalue weighted by Gasteiger charge is -2.27. The minimum atomic E-state index is -1.81. The Balaban J connectivity index is 2.16. The molecule has 32 heavy (non-hydrogen) atoms. The van der Waals surface area contributed by atoms with Gasteiger partial charge < -0.3 is 30.9 Å². The summed E-state index contributed by atoms with van der Waals surface area (Å²) in [5.41, 5.74) is 5.64. The standard InChI is InChI=1S/C25H43NO6/c1-2-3-4-5-6-7-8-9-10-11-12-13-18-21(28)23(29)22(26)25(31)32-24(30)19-16-14-15-17-20(19)27/h14-17,21-23,25,27-29,31H,2-13,18,26H2,1H3/t21?,22-,23-,25?/m0/s1. The maximum Gasteiger partial charge on any atom is 0.344 e. The number of phenolic OH excluding ortho intramolecular Hbond substituents is 1. The summed E-state index contributed by atoms with van der Waals surface area (Å²) in [5, 5.41) is 40.0. The summed E-state index contributed by atoms with van der Waals surface area (Å²) >= 11 is 0. The highest BCUT2D eigenvalue weighted by Crippen LogP contribution is 2.19. The number of phenols is 1. The van der Waals surface area contributed by atoms with E-state index in [0.717, 1.165) is 19.3 Å². The van der Waals surface area contributed by atoms with Crippen LogP contribution in [0.3, 0.4) is 0 Å². The molecule has 1 aromatic rings. The summed E-state index contributed by atoms with van der Waals surface area (Å²) < 4.78 is 4.83. The first-order valence-corrected chi connectivity index (χ1v) is 12.2. The van der Waals surface area contributed by atoms with Gasteiger partial charge in [0.05, 0.1) is 12.1 Å². The molecule has 0 fully saturated rings. The highest BCUT2D eigenvalue weighted by molar-refractivity contribution is 5.92. The van der Waals surface area contributed by atoms with E-state index in [1.807, 2.05) is 0 Å². The van der Waals surface area contributed by atoms with Crippen LogP contribution in [-0.2, 0) is 4.74 Å². The second-order valence-electron chi connectivity index (χ2n) is 8.63. The van der Waals surface area contributed by atoms with Gasteiger partial charge in [-0.05, 0) is 18.6 Å². The van der Waals surface area contributed by atoms with Crippen molar-refractivity contribution >= 4 is 5.97 Å². The van der Waals surface area contributed by atoms with E-state index >= 15 is 0 Å². The third-order valence-electron chi connectivity index (χ3n) is 5.82. The van der Waals surface area contributed by atoms with E-state index in [1.54, 1.807) is 6.07 Å². The molecule has 4 atom stereocenters. The Labute approximate surface area is 192 Å². The predicted molar refractivity (Wildman–Crippen MR) is 125 cm³/mol. The van der Waals surface area contributed by atoms with Crippen LogP contribution in [0.15, 0.2) is 24.3 Å². The van der Waals surface area contributed by atoms with Crippen molar-refractivity contribution in [3.05, 3.63) is 29.8 Å². The van der Waals surface area contributed by atoms with Crippen LogP contribution in [-0.4, -0.2) is 50.9 Å². The molecule has 7 nitrogen and oxygen atoms in total. The number of aromatic hydroxyl groups is 1. The number of para-hydroxylation sites is 1. The number of hydrogen-bond acceptors (Lipinski definition) is 7. The summed E-state index contributed by atoms with van der Waals surface area (Å²) in [6.07, 6.45) is 10.4. The lowest BCUT2D eigenvalue weighted by Crippen LogP contribution is -2.51. The molecule has 6 N–H and O–H groups in total. The highest BCUT2D eigenvalue weighted by Gasteiger charge is 2.31. The molecule has 1 aromatic carbocycles. The topological polar surface area (TPSA) is 133 Å². The van der Waals surface area contributed by atoms with Gasteiger partial charge in [0.25, 0.3) is 0 Å². The molecule has 0 heterocycles. The molecule has 0 aromatic heterocycles. The lowest BCUT2D eigenvalue weighted by molar-refractivity contribution is -0.117. The molecule has 0 bridgehead atoms. The summed E-state index contributed by atoms with van der Waals surface area (Å²) in [7, 11) is 0. The maximum atomic E-state index is 12.0. The van der Waals surface area contributed by atoms with Crippen LogP contribution in [0, 0.1) is 0 Å². The van der Waals surface area contributed by atoms with Gasteiger partial charge in [-0.3, -0.25) is 0 Å². The van der Waals surface area contributed by atoms with Gasteiger partial charge in [0.1, 0.15) is 17.4 Å². The van der Waals surface area contributed by atoms with Gasteiger partial charge >= 0.3 is 5.97 Å². The minimum Gasteiger partial charge on any atom is -0.507 e. The van der Waals surface area contributed by atoms with E-state index in [1.165, 1.54) is 76.0 Å². The van der Waals surface area contributed by atoms with Gasteiger partial charge in [-0.25, -0.2) is 4.79 Å². The minimum absolute atomic E-state index is 0.120. The van der Waals surface area contributed by atoms with Gasteiger partial charge in [-0.2, -0.15) is 0 Å². The molecule has 0 aliphatic heterocycles. The molecule has 1 rings (SSSR count). The van der Waals surface area contributed by atoms with Crippen LogP contribution >= 0.6 is 0 Å². The quantitative estimate of drug-likeness (QED) is 0.129. The zero-order valence-corrected chi connectivity index (χ0v) is 19.5. The van der Waals surface area contributed by atoms with Crippen molar-refractivity contribution in [2.75, 3.05) is 0 Å². The first-order valence-electron chi connectivity index (χ1n) is 12.2. The van der Waals surface area contributed by atoms with Crippen molar-refractivity contribution in [1.82, 2.24) is 0 Å². The number of unbranched alkanes of at least 4 members (excludes halogenated alkanes) is 11. The van der Waals surface area contributed by atoms with Crippen LogP contribution < -0.4 is 5.73 Å². The zero-order chi connectivity index (χ0) is 23.8. The molecule has 0 saturated heterocycles. The van der Waals surface area contributed by atoms with E-state index in [4.69, 9.17) is 10.5 Å². The molecule has 0 aliphatic carbocycles. The summed E-state index contributed by atoms with van der Waals surface area (Å²) in [6.45, 7) is 2.23. The highest BCUT2D eigenvalue weighted by atomic mass is 16.6. The second-order valence-corrected chi connectivity index (χ2v) is 8.63. The van der Waals surface area contributed by atoms with Gasteiger partial charge in [-0.15, -0.1) is 0 Å². The number of carbonyl (C=O) groups excluding carboxylic acids is 1. The predicted octanol–water partition coefficient (Wildman–Crippen LogP) is 4.01. The van der Waals surface area contributed by atoms with E-state index in [9.17, 15) is 25.2 Å². The molecule has 0 spiro atoms. The Morgan fingerprint density at radius 2 is 1.38 bits per heavy atom. The Hall–Kier alpha value is -1.67. The average Bonchev–Trinajstić information content (AvgIpc) is 2.78. The Morgan fingerprint density at radius 3 is 1.91 bits per heavy atom. The second kappa shape index (κ2) is 16.9. The zero-order valence-electron chi connectivity index (χ0n) is 19.5. The van der Waals surface area contributed by atoms with Gasteiger partial charge in [0.2, 0.25) is 6.29 Å². The molecule has 2 unspecified atom stereocenters. The summed E-state index contributed by atoms with van der Waals surface area (Å²) in [4.78, 5) is 12.0. The monoisotopic (exact) mass is 453 g/mol. The fourth-order valence-corrected chi connectivity index (χ4v) is 3.69. The van der Waals surface area contributed by atoms with E-state index in [2.05, 4.69) is 6.92 Å². The normalized spacial score (nSPS) is 15.2. The first-order chi connectivity index (χ1) is 15.4. The Kier molecular flexibility index (Phi) is 15.0. The Morgan fingerprint density at radius 1 is 0.875 bits per heavy atom. The number of aliphatic hydroxyl groups is 3. The maximum absolute atomic E-state index is 12.0. The third kappa shape index (κ3) is 11.3. The SMILES string of the molecule is CCCCCCCCCCCCCCC(O)[C@H](O)[C@H](N)C(O)OC(=O)c1ccccc1O. The van der Waals surface area contributed by atoms with Crippen molar-refractivity contribution in [3.63, 3.8) is 0 Å². The smallest absolute Gasteiger partial charge is 0.344 e. The van der Waals surface area contributed by atoms with E-state index in [0.29, 0.717) is 6.42 Å². The molecule has 0 amide bonds. The van der Waals surface area contributed by atoms with Crippen LogP contribution in [0.2, 0.25) is 0 Å². The van der Waals surface area contributed by atoms with E-state index in [-0.39, 0.29) is 11.3 Å². The molecular weight excluding hydrogens is 410 g/mol. The van der Waals surface area contributed by atoms with Crippen molar-refractivity contribution in [3.8, 4) is 5.75 Å². The molecule has 0 aliphatic rings. The Bertz CT molecular complexity index is 626. The number of benzene rings is 1. The van der Waals surface area contributed by atoms with E-state index < -0.39 is 30.5 Å². The number of ether oxygens (including phenoxy) is 1. The van der Waals surface area contributed by atoms with Crippen LogP contribution in [0.25, 0.3) is 0 Å². The number of nitrogens with two attached hydrogens (primary N) is 1. The largest absolute Gasteiger partial charge is 0.507 e. The molecular formula is C25H43NO6. The lowest BCUT2D eigenvalue weighted by atomic mass is 9.99. The van der Waals surface area contributed by atoms with Gasteiger partial charge in [0, 0.05) is 0 Å². The van der Waals surface area contributed by atoms with Gasteiger partial charge in [-0.1, -0.05) is 96.1 Å². The van der Waals surface area contributed by atoms with Crippen molar-refractivity contribution in [2.24, 2.45) is 5.73 Å². The number of esters is 1. The average molecular weight is 454 g/mol. The molecule has 7 heteroatoms. The van der Waals surface area contributed by atoms with Gasteiger partial charge in [0.15, 0.2) is 0 Å². The number of aliphatic hydroxyl groups excluding tert-OH is 3. The van der Waals surface area contributed by atoms with Crippen molar-refractivity contribution < 1.29 is 30.0 Å². The van der Waals surface area contributed by atoms with Crippen LogP contribution in [0.1, 0.15) is 101 Å². The molecule has 184 valence electrons. The summed E-state index contributed by atoms with van der Waals surface area (Å²) in [5.74, 6) is -1.25. The van der Waals surface area contributed by atoms with Crippen molar-refractivity contribution in [2.45, 2.75) is 115 Å². The van der Waals surface area contributed by atoms with Crippen LogP contribution in [0.5, 0.6) is 5.75 Å². The number of hydrogen-bond donors (Lipinski definition) is 5. The molecule has 0 saturated carbocycles. The first kappa shape index (κ1) is 28.4. The van der Waals surface area contributed by atoms with Crippen molar-refractivity contribution in [1.29, 1.82) is 0 Å². The third-order valence-corrected chi connectivity index (χ3v) is 5.82.